The van der Waals surface area contributed by atoms with Gasteiger partial charge >= 0.3 is 5.97 Å². The summed E-state index contributed by atoms with van der Waals surface area (Å²) in [5.41, 5.74) is 0. The number of allylic oxidation sites excluding steroid dienone is 2. The zero-order chi connectivity index (χ0) is 50.9. The Balaban J connectivity index is 1.72. The molecule has 11 atom stereocenters. The zero-order valence-corrected chi connectivity index (χ0v) is 44.3. The molecule has 0 aromatic carbocycles. The smallest absolute Gasteiger partial charge is 0.306 e. The van der Waals surface area contributed by atoms with Gasteiger partial charge in [0.2, 0.25) is 0 Å². The van der Waals surface area contributed by atoms with Crippen LogP contribution in [0.2, 0.25) is 0 Å². The van der Waals surface area contributed by atoms with Crippen molar-refractivity contribution in [2.75, 3.05) is 33.0 Å². The lowest BCUT2D eigenvalue weighted by Gasteiger charge is -2.42. The molecule has 70 heavy (non-hydrogen) atoms. The highest BCUT2D eigenvalue weighted by atomic mass is 16.7. The molecule has 0 bridgehead atoms. The monoisotopic (exact) mass is 1000 g/mol. The summed E-state index contributed by atoms with van der Waals surface area (Å²) in [5.74, 6) is -0.375. The second kappa shape index (κ2) is 44.1. The minimum Gasteiger partial charge on any atom is -0.457 e. The second-order valence-electron chi connectivity index (χ2n) is 20.5. The molecule has 0 amide bonds. The molecule has 7 N–H and O–H groups in total. The fraction of sp³-hybridized carbons (Fsp3) is 0.946. The second-order valence-corrected chi connectivity index (χ2v) is 20.5. The molecule has 2 fully saturated rings. The molecule has 14 nitrogen and oxygen atoms in total. The number of aliphatic hydroxyl groups is 7. The van der Waals surface area contributed by atoms with Gasteiger partial charge in [0.05, 0.1) is 26.4 Å². The fourth-order valence-corrected chi connectivity index (χ4v) is 9.34. The highest BCUT2D eigenvalue weighted by Gasteiger charge is 2.47. The maximum Gasteiger partial charge on any atom is 0.306 e. The molecule has 0 aromatic heterocycles. The molecule has 0 spiro atoms. The quantitative estimate of drug-likeness (QED) is 0.0172. The first-order valence-corrected chi connectivity index (χ1v) is 28.8. The minimum absolute atomic E-state index is 0.0661. The number of ether oxygens (including phenoxy) is 6. The van der Waals surface area contributed by atoms with Crippen LogP contribution in [-0.4, -0.2) is 142 Å². The predicted molar refractivity (Wildman–Crippen MR) is 275 cm³/mol. The van der Waals surface area contributed by atoms with Crippen molar-refractivity contribution in [3.05, 3.63) is 12.2 Å². The van der Waals surface area contributed by atoms with Gasteiger partial charge in [-0.2, -0.15) is 0 Å². The van der Waals surface area contributed by atoms with Gasteiger partial charge in [-0.05, 0) is 38.5 Å². The topological polar surface area (TPSA) is 214 Å². The average Bonchev–Trinajstić information content (AvgIpc) is 3.36. The lowest BCUT2D eigenvalue weighted by molar-refractivity contribution is -0.332. The largest absolute Gasteiger partial charge is 0.457 e. The van der Waals surface area contributed by atoms with E-state index in [1.807, 2.05) is 0 Å². The summed E-state index contributed by atoms with van der Waals surface area (Å²) in [7, 11) is 0. The van der Waals surface area contributed by atoms with Gasteiger partial charge in [-0.3, -0.25) is 4.79 Å². The average molecular weight is 1000 g/mol. The van der Waals surface area contributed by atoms with Crippen molar-refractivity contribution in [2.45, 2.75) is 306 Å². The summed E-state index contributed by atoms with van der Waals surface area (Å²) in [6.07, 6.45) is 31.3. The Morgan fingerprint density at radius 3 is 1.30 bits per heavy atom. The first-order valence-electron chi connectivity index (χ1n) is 28.8. The van der Waals surface area contributed by atoms with Gasteiger partial charge in [0.1, 0.15) is 54.9 Å². The Morgan fingerprint density at radius 2 is 0.843 bits per heavy atom. The molecule has 11 unspecified atom stereocenters. The summed E-state index contributed by atoms with van der Waals surface area (Å²) in [4.78, 5) is 13.1. The molecular weight excluding hydrogens is 897 g/mol. The van der Waals surface area contributed by atoms with Crippen molar-refractivity contribution in [3.63, 3.8) is 0 Å². The number of rotatable bonds is 47. The molecule has 0 saturated carbocycles. The summed E-state index contributed by atoms with van der Waals surface area (Å²) >= 11 is 0. The van der Waals surface area contributed by atoms with Gasteiger partial charge in [-0.1, -0.05) is 206 Å². The van der Waals surface area contributed by atoms with E-state index in [9.17, 15) is 40.5 Å². The van der Waals surface area contributed by atoms with Crippen LogP contribution in [0.15, 0.2) is 12.2 Å². The van der Waals surface area contributed by atoms with Crippen LogP contribution in [0.4, 0.5) is 0 Å². The van der Waals surface area contributed by atoms with Crippen LogP contribution in [0.1, 0.15) is 239 Å². The van der Waals surface area contributed by atoms with E-state index < -0.39 is 80.7 Å². The Hall–Kier alpha value is -1.27. The van der Waals surface area contributed by atoms with E-state index in [4.69, 9.17) is 28.4 Å². The zero-order valence-electron chi connectivity index (χ0n) is 44.3. The van der Waals surface area contributed by atoms with E-state index in [2.05, 4.69) is 26.0 Å². The minimum atomic E-state index is -1.70. The molecule has 2 rings (SSSR count). The van der Waals surface area contributed by atoms with Crippen molar-refractivity contribution < 1.29 is 69.0 Å². The van der Waals surface area contributed by atoms with Gasteiger partial charge in [-0.15, -0.1) is 0 Å². The summed E-state index contributed by atoms with van der Waals surface area (Å²) in [5, 5.41) is 72.3. The Morgan fingerprint density at radius 1 is 0.457 bits per heavy atom. The van der Waals surface area contributed by atoms with Crippen LogP contribution in [-0.2, 0) is 33.2 Å². The molecule has 2 heterocycles. The molecule has 2 aliphatic heterocycles. The van der Waals surface area contributed by atoms with Crippen LogP contribution in [0.25, 0.3) is 0 Å². The van der Waals surface area contributed by atoms with Crippen LogP contribution in [0, 0.1) is 0 Å². The van der Waals surface area contributed by atoms with Gasteiger partial charge in [0.25, 0.3) is 0 Å². The third-order valence-electron chi connectivity index (χ3n) is 14.0. The lowest BCUT2D eigenvalue weighted by Crippen LogP contribution is -2.61. The standard InChI is InChI=1S/C56H106O14/c1-3-5-7-9-11-13-15-17-19-21-22-24-26-28-30-32-34-36-38-40-65-42-45(68-48(58)39-37-35-33-31-29-27-25-23-20-18-16-14-12-10-8-6-4-2)43-66-55-54(64)52(62)50(60)47(70-55)44-67-56-53(63)51(61)49(59)46(41-57)69-56/h18,20,45-47,49-57,59-64H,3-17,19,21-44H2,1-2H3/b20-18-. The van der Waals surface area contributed by atoms with E-state index in [0.29, 0.717) is 13.0 Å². The third-order valence-corrected chi connectivity index (χ3v) is 14.0. The highest BCUT2D eigenvalue weighted by molar-refractivity contribution is 5.69. The number of carbonyl (C=O) groups is 1. The van der Waals surface area contributed by atoms with E-state index in [-0.39, 0.29) is 25.6 Å². The number of esters is 1. The van der Waals surface area contributed by atoms with Crippen molar-refractivity contribution in [2.24, 2.45) is 0 Å². The predicted octanol–water partition coefficient (Wildman–Crippen LogP) is 9.80. The van der Waals surface area contributed by atoms with E-state index in [0.717, 1.165) is 44.9 Å². The normalized spacial score (nSPS) is 25.5. The van der Waals surface area contributed by atoms with Crippen molar-refractivity contribution >= 4 is 5.97 Å². The maximum atomic E-state index is 13.1. The summed E-state index contributed by atoms with van der Waals surface area (Å²) < 4.78 is 34.4. The van der Waals surface area contributed by atoms with E-state index in [1.54, 1.807) is 0 Å². The molecule has 0 aliphatic carbocycles. The SMILES string of the molecule is CCCCCCCC/C=C\CCCCCCCCCC(=O)OC(COCCCCCCCCCCCCCCCCCCCCC)COC1OC(COC2OC(CO)C(O)C(O)C2O)C(O)C(O)C1O. The Bertz CT molecular complexity index is 1210. The third kappa shape index (κ3) is 30.8. The molecular formula is C56H106O14. The van der Waals surface area contributed by atoms with Gasteiger partial charge in [-0.25, -0.2) is 0 Å². The maximum absolute atomic E-state index is 13.1. The van der Waals surface area contributed by atoms with Crippen molar-refractivity contribution in [3.8, 4) is 0 Å². The lowest BCUT2D eigenvalue weighted by atomic mass is 9.98. The van der Waals surface area contributed by atoms with Crippen LogP contribution in [0.5, 0.6) is 0 Å². The van der Waals surface area contributed by atoms with E-state index >= 15 is 0 Å². The first-order chi connectivity index (χ1) is 34.1. The van der Waals surface area contributed by atoms with E-state index in [1.165, 1.54) is 167 Å². The van der Waals surface area contributed by atoms with Gasteiger partial charge < -0.3 is 64.2 Å². The Kier molecular flexibility index (Phi) is 40.8. The molecule has 0 aromatic rings. The first kappa shape index (κ1) is 64.8. The number of aliphatic hydroxyl groups excluding tert-OH is 7. The molecule has 0 radical (unpaired) electrons. The molecule has 2 saturated heterocycles. The summed E-state index contributed by atoms with van der Waals surface area (Å²) in [6, 6.07) is 0. The number of hydrogen-bond acceptors (Lipinski definition) is 14. The van der Waals surface area contributed by atoms with Crippen LogP contribution in [0.3, 0.4) is 0 Å². The number of carbonyl (C=O) groups excluding carboxylic acids is 1. The van der Waals surface area contributed by atoms with Crippen LogP contribution < -0.4 is 0 Å². The van der Waals surface area contributed by atoms with Crippen molar-refractivity contribution in [1.82, 2.24) is 0 Å². The number of unbranched alkanes of at least 4 members (excludes halogenated alkanes) is 31. The molecule has 2 aliphatic rings. The highest BCUT2D eigenvalue weighted by Crippen LogP contribution is 2.27. The van der Waals surface area contributed by atoms with Crippen molar-refractivity contribution in [1.29, 1.82) is 0 Å². The number of hydrogen-bond donors (Lipinski definition) is 7. The van der Waals surface area contributed by atoms with Gasteiger partial charge in [0.15, 0.2) is 12.6 Å². The summed E-state index contributed by atoms with van der Waals surface area (Å²) in [6.45, 7) is 3.73. The van der Waals surface area contributed by atoms with Crippen LogP contribution >= 0.6 is 0 Å². The fourth-order valence-electron chi connectivity index (χ4n) is 9.34. The Labute approximate surface area is 425 Å². The molecule has 414 valence electrons. The van der Waals surface area contributed by atoms with Gasteiger partial charge in [0, 0.05) is 13.0 Å². The molecule has 14 heteroatoms.